The SMILES string of the molecule is NC(=O)c1ccc(NCc2ccc(C(=O)O)nc2)nn1. The molecule has 0 atom stereocenters. The van der Waals surface area contributed by atoms with Gasteiger partial charge in [-0.25, -0.2) is 9.78 Å². The van der Waals surface area contributed by atoms with Crippen LogP contribution in [0.1, 0.15) is 26.5 Å². The third-order valence-electron chi connectivity index (χ3n) is 2.43. The fraction of sp³-hybridized carbons (Fsp3) is 0.0833. The van der Waals surface area contributed by atoms with Crippen LogP contribution in [0.3, 0.4) is 0 Å². The maximum absolute atomic E-state index is 10.8. The highest BCUT2D eigenvalue weighted by molar-refractivity contribution is 5.90. The van der Waals surface area contributed by atoms with E-state index in [9.17, 15) is 9.59 Å². The van der Waals surface area contributed by atoms with Crippen molar-refractivity contribution in [3.05, 3.63) is 47.4 Å². The summed E-state index contributed by atoms with van der Waals surface area (Å²) in [4.78, 5) is 25.3. The molecule has 20 heavy (non-hydrogen) atoms. The number of hydrogen-bond acceptors (Lipinski definition) is 6. The van der Waals surface area contributed by atoms with Gasteiger partial charge < -0.3 is 16.2 Å². The van der Waals surface area contributed by atoms with E-state index in [0.717, 1.165) is 5.56 Å². The maximum atomic E-state index is 10.8. The summed E-state index contributed by atoms with van der Waals surface area (Å²) in [5.41, 5.74) is 5.91. The van der Waals surface area contributed by atoms with Gasteiger partial charge in [0.2, 0.25) is 0 Å². The first kappa shape index (κ1) is 13.4. The van der Waals surface area contributed by atoms with Crippen LogP contribution in [0, 0.1) is 0 Å². The lowest BCUT2D eigenvalue weighted by Gasteiger charge is -2.05. The molecule has 2 heterocycles. The fourth-order valence-corrected chi connectivity index (χ4v) is 1.41. The summed E-state index contributed by atoms with van der Waals surface area (Å²) in [6.45, 7) is 0.400. The second kappa shape index (κ2) is 5.74. The van der Waals surface area contributed by atoms with Crippen LogP contribution in [0.5, 0.6) is 0 Å². The van der Waals surface area contributed by atoms with Gasteiger partial charge in [-0.3, -0.25) is 4.79 Å². The van der Waals surface area contributed by atoms with Crippen molar-refractivity contribution < 1.29 is 14.7 Å². The van der Waals surface area contributed by atoms with Gasteiger partial charge in [-0.05, 0) is 23.8 Å². The average molecular weight is 273 g/mol. The van der Waals surface area contributed by atoms with E-state index < -0.39 is 11.9 Å². The number of amides is 1. The highest BCUT2D eigenvalue weighted by Gasteiger charge is 2.05. The molecule has 1 amide bonds. The molecule has 2 aromatic heterocycles. The summed E-state index contributed by atoms with van der Waals surface area (Å²) in [6, 6.07) is 6.10. The van der Waals surface area contributed by atoms with Crippen molar-refractivity contribution in [3.8, 4) is 0 Å². The van der Waals surface area contributed by atoms with Crippen molar-refractivity contribution in [2.24, 2.45) is 5.73 Å². The molecule has 2 aromatic rings. The first-order valence-electron chi connectivity index (χ1n) is 5.62. The molecule has 0 radical (unpaired) electrons. The summed E-state index contributed by atoms with van der Waals surface area (Å²) in [5, 5.41) is 19.1. The molecule has 4 N–H and O–H groups in total. The minimum absolute atomic E-state index is 0.0145. The normalized spacial score (nSPS) is 10.0. The number of aromatic nitrogens is 3. The number of carbonyl (C=O) groups is 2. The average Bonchev–Trinajstić information content (AvgIpc) is 2.46. The highest BCUT2D eigenvalue weighted by Crippen LogP contribution is 2.06. The van der Waals surface area contributed by atoms with Crippen LogP contribution in [-0.2, 0) is 6.54 Å². The number of nitrogens with zero attached hydrogens (tertiary/aromatic N) is 3. The molecule has 0 spiro atoms. The van der Waals surface area contributed by atoms with Gasteiger partial charge in [0.25, 0.3) is 5.91 Å². The predicted molar refractivity (Wildman–Crippen MR) is 69.1 cm³/mol. The fourth-order valence-electron chi connectivity index (χ4n) is 1.41. The van der Waals surface area contributed by atoms with Crippen LogP contribution in [-0.4, -0.2) is 32.2 Å². The Bertz CT molecular complexity index is 567. The molecule has 8 nitrogen and oxygen atoms in total. The zero-order chi connectivity index (χ0) is 14.5. The Kier molecular flexibility index (Phi) is 3.85. The van der Waals surface area contributed by atoms with E-state index in [1.165, 1.54) is 18.3 Å². The molecule has 0 unspecified atom stereocenters. The maximum Gasteiger partial charge on any atom is 0.354 e. The van der Waals surface area contributed by atoms with Crippen molar-refractivity contribution in [1.82, 2.24) is 15.2 Å². The number of carboxylic acid groups (broad SMARTS) is 1. The molecule has 0 bridgehead atoms. The van der Waals surface area contributed by atoms with E-state index in [1.807, 2.05) is 0 Å². The number of carboxylic acids is 1. The number of carbonyl (C=O) groups excluding carboxylic acids is 1. The number of hydrogen-bond donors (Lipinski definition) is 3. The largest absolute Gasteiger partial charge is 0.477 e. The summed E-state index contributed by atoms with van der Waals surface area (Å²) < 4.78 is 0. The summed E-state index contributed by atoms with van der Waals surface area (Å²) in [5.74, 6) is -1.24. The Labute approximate surface area is 113 Å². The lowest BCUT2D eigenvalue weighted by atomic mass is 10.2. The van der Waals surface area contributed by atoms with Crippen molar-refractivity contribution in [2.45, 2.75) is 6.54 Å². The van der Waals surface area contributed by atoms with Crippen LogP contribution in [0.15, 0.2) is 30.5 Å². The van der Waals surface area contributed by atoms with E-state index in [0.29, 0.717) is 12.4 Å². The first-order chi connectivity index (χ1) is 9.56. The van der Waals surface area contributed by atoms with E-state index in [2.05, 4.69) is 20.5 Å². The minimum atomic E-state index is -1.07. The van der Waals surface area contributed by atoms with Gasteiger partial charge in [-0.1, -0.05) is 6.07 Å². The number of anilines is 1. The molecule has 0 aliphatic heterocycles. The summed E-state index contributed by atoms with van der Waals surface area (Å²) >= 11 is 0. The second-order valence-electron chi connectivity index (χ2n) is 3.88. The van der Waals surface area contributed by atoms with Gasteiger partial charge in [0.15, 0.2) is 5.69 Å². The number of nitrogens with one attached hydrogen (secondary N) is 1. The van der Waals surface area contributed by atoms with E-state index in [-0.39, 0.29) is 11.4 Å². The molecule has 0 saturated carbocycles. The molecule has 0 aliphatic carbocycles. The Hall–Kier alpha value is -3.03. The number of primary amides is 1. The van der Waals surface area contributed by atoms with Crippen molar-refractivity contribution >= 4 is 17.7 Å². The minimum Gasteiger partial charge on any atom is -0.477 e. The Morgan fingerprint density at radius 1 is 1.15 bits per heavy atom. The molecular formula is C12H11N5O3. The van der Waals surface area contributed by atoms with E-state index >= 15 is 0 Å². The molecule has 8 heteroatoms. The zero-order valence-electron chi connectivity index (χ0n) is 10.3. The molecule has 102 valence electrons. The third-order valence-corrected chi connectivity index (χ3v) is 2.43. The molecular weight excluding hydrogens is 262 g/mol. The van der Waals surface area contributed by atoms with Crippen LogP contribution in [0.4, 0.5) is 5.82 Å². The van der Waals surface area contributed by atoms with Crippen molar-refractivity contribution in [2.75, 3.05) is 5.32 Å². The van der Waals surface area contributed by atoms with E-state index in [4.69, 9.17) is 10.8 Å². The van der Waals surface area contributed by atoms with Gasteiger partial charge in [-0.2, -0.15) is 0 Å². The number of pyridine rings is 1. The number of rotatable bonds is 5. The van der Waals surface area contributed by atoms with Crippen LogP contribution < -0.4 is 11.1 Å². The highest BCUT2D eigenvalue weighted by atomic mass is 16.4. The standard InChI is InChI=1S/C12H11N5O3/c13-11(18)8-3-4-10(17-16-8)15-6-7-1-2-9(12(19)20)14-5-7/h1-5H,6H2,(H2,13,18)(H,15,17)(H,19,20). The predicted octanol–water partition coefficient (Wildman–Crippen LogP) is 0.281. The summed E-state index contributed by atoms with van der Waals surface area (Å²) in [7, 11) is 0. The van der Waals surface area contributed by atoms with Gasteiger partial charge in [0, 0.05) is 12.7 Å². The first-order valence-corrected chi connectivity index (χ1v) is 5.62. The summed E-state index contributed by atoms with van der Waals surface area (Å²) in [6.07, 6.45) is 1.46. The Balaban J connectivity index is 1.97. The monoisotopic (exact) mass is 273 g/mol. The second-order valence-corrected chi connectivity index (χ2v) is 3.88. The van der Waals surface area contributed by atoms with Gasteiger partial charge in [-0.15, -0.1) is 10.2 Å². The number of aromatic carboxylic acids is 1. The van der Waals surface area contributed by atoms with Crippen LogP contribution in [0.25, 0.3) is 0 Å². The van der Waals surface area contributed by atoms with Crippen molar-refractivity contribution in [1.29, 1.82) is 0 Å². The van der Waals surface area contributed by atoms with Gasteiger partial charge >= 0.3 is 5.97 Å². The lowest BCUT2D eigenvalue weighted by Crippen LogP contribution is -2.14. The smallest absolute Gasteiger partial charge is 0.354 e. The van der Waals surface area contributed by atoms with Crippen LogP contribution >= 0.6 is 0 Å². The Morgan fingerprint density at radius 3 is 2.40 bits per heavy atom. The zero-order valence-corrected chi connectivity index (χ0v) is 10.3. The topological polar surface area (TPSA) is 131 Å². The Morgan fingerprint density at radius 2 is 1.90 bits per heavy atom. The number of nitrogens with two attached hydrogens (primary N) is 1. The molecule has 0 aromatic carbocycles. The van der Waals surface area contributed by atoms with Gasteiger partial charge in [0.1, 0.15) is 11.5 Å². The molecule has 2 rings (SSSR count). The lowest BCUT2D eigenvalue weighted by molar-refractivity contribution is 0.0690. The van der Waals surface area contributed by atoms with E-state index in [1.54, 1.807) is 12.1 Å². The van der Waals surface area contributed by atoms with Crippen molar-refractivity contribution in [3.63, 3.8) is 0 Å². The third kappa shape index (κ3) is 3.25. The van der Waals surface area contributed by atoms with Crippen LogP contribution in [0.2, 0.25) is 0 Å². The quantitative estimate of drug-likeness (QED) is 0.712. The molecule has 0 aliphatic rings. The molecule has 0 saturated heterocycles. The van der Waals surface area contributed by atoms with Gasteiger partial charge in [0.05, 0.1) is 0 Å². The molecule has 0 fully saturated rings.